The van der Waals surface area contributed by atoms with E-state index in [9.17, 15) is 9.90 Å². The Balaban J connectivity index is 2.32. The van der Waals surface area contributed by atoms with Crippen LogP contribution in [0.3, 0.4) is 0 Å². The number of aromatic nitrogens is 1. The summed E-state index contributed by atoms with van der Waals surface area (Å²) in [5, 5.41) is 9.41. The minimum atomic E-state index is -0.853. The van der Waals surface area contributed by atoms with Crippen molar-refractivity contribution in [3.05, 3.63) is 63.9 Å². The maximum atomic E-state index is 11.5. The van der Waals surface area contributed by atoms with E-state index < -0.39 is 11.9 Å². The molecule has 2 rings (SSSR count). The van der Waals surface area contributed by atoms with Crippen LogP contribution in [0.2, 0.25) is 0 Å². The lowest BCUT2D eigenvalue weighted by Crippen LogP contribution is -2.16. The van der Waals surface area contributed by atoms with Crippen molar-refractivity contribution in [2.24, 2.45) is 0 Å². The lowest BCUT2D eigenvalue weighted by Gasteiger charge is -2.13. The molecule has 1 aromatic heterocycles. The molecule has 0 bridgehead atoms. The van der Waals surface area contributed by atoms with Crippen molar-refractivity contribution in [3.8, 4) is 0 Å². The van der Waals surface area contributed by atoms with Gasteiger partial charge in [0, 0.05) is 10.7 Å². The maximum absolute atomic E-state index is 11.5. The predicted octanol–water partition coefficient (Wildman–Crippen LogP) is 3.56. The highest BCUT2D eigenvalue weighted by Gasteiger charge is 2.22. The Morgan fingerprint density at radius 2 is 2.11 bits per heavy atom. The molecule has 19 heavy (non-hydrogen) atoms. The summed E-state index contributed by atoms with van der Waals surface area (Å²) < 4.78 is 0.925. The van der Waals surface area contributed by atoms with E-state index in [-0.39, 0.29) is 0 Å². The molecule has 0 spiro atoms. The van der Waals surface area contributed by atoms with Crippen molar-refractivity contribution in [1.29, 1.82) is 0 Å². The summed E-state index contributed by atoms with van der Waals surface area (Å²) in [5.74, 6) is -1.48. The lowest BCUT2D eigenvalue weighted by molar-refractivity contribution is -0.138. The number of carbonyl (C=O) groups is 1. The van der Waals surface area contributed by atoms with Gasteiger partial charge in [-0.3, -0.25) is 9.78 Å². The number of hydrogen-bond acceptors (Lipinski definition) is 2. The highest BCUT2D eigenvalue weighted by atomic mass is 79.9. The van der Waals surface area contributed by atoms with Crippen molar-refractivity contribution in [3.63, 3.8) is 0 Å². The zero-order valence-electron chi connectivity index (χ0n) is 10.5. The molecule has 2 aromatic rings. The fourth-order valence-electron chi connectivity index (χ4n) is 1.95. The Kier molecular flexibility index (Phi) is 4.32. The fraction of sp³-hybridized carbons (Fsp3) is 0.200. The normalized spacial score (nSPS) is 12.1. The van der Waals surface area contributed by atoms with E-state index in [1.807, 2.05) is 43.3 Å². The van der Waals surface area contributed by atoms with Gasteiger partial charge in [0.1, 0.15) is 5.92 Å². The molecule has 0 saturated carbocycles. The molecule has 4 heteroatoms. The van der Waals surface area contributed by atoms with Crippen molar-refractivity contribution in [2.75, 3.05) is 0 Å². The molecule has 0 aliphatic rings. The third kappa shape index (κ3) is 3.41. The number of aryl methyl sites for hydroxylation is 1. The minimum Gasteiger partial charge on any atom is -0.481 e. The Bertz CT molecular complexity index is 598. The van der Waals surface area contributed by atoms with Gasteiger partial charge in [-0.1, -0.05) is 34.1 Å². The largest absolute Gasteiger partial charge is 0.481 e. The molecular formula is C15H14BrNO2. The van der Waals surface area contributed by atoms with Crippen molar-refractivity contribution < 1.29 is 9.90 Å². The molecule has 1 unspecified atom stereocenters. The Hall–Kier alpha value is -1.68. The van der Waals surface area contributed by atoms with Gasteiger partial charge in [-0.25, -0.2) is 0 Å². The third-order valence-corrected chi connectivity index (χ3v) is 3.75. The van der Waals surface area contributed by atoms with Gasteiger partial charge in [0.05, 0.1) is 5.69 Å². The van der Waals surface area contributed by atoms with Gasteiger partial charge >= 0.3 is 5.97 Å². The number of hydrogen-bond donors (Lipinski definition) is 1. The van der Waals surface area contributed by atoms with Gasteiger partial charge in [0.25, 0.3) is 0 Å². The Labute approximate surface area is 120 Å². The van der Waals surface area contributed by atoms with Crippen LogP contribution in [0.15, 0.2) is 47.1 Å². The van der Waals surface area contributed by atoms with Crippen LogP contribution in [0.4, 0.5) is 0 Å². The highest BCUT2D eigenvalue weighted by Crippen LogP contribution is 2.25. The van der Waals surface area contributed by atoms with Crippen LogP contribution in [0, 0.1) is 6.92 Å². The van der Waals surface area contributed by atoms with E-state index in [4.69, 9.17) is 0 Å². The van der Waals surface area contributed by atoms with E-state index in [1.54, 1.807) is 6.20 Å². The quantitative estimate of drug-likeness (QED) is 0.937. The van der Waals surface area contributed by atoms with E-state index in [0.29, 0.717) is 12.1 Å². The molecule has 0 aliphatic carbocycles. The molecule has 0 radical (unpaired) electrons. The first kappa shape index (κ1) is 13.7. The molecule has 1 aromatic carbocycles. The fourth-order valence-corrected chi connectivity index (χ4v) is 2.40. The van der Waals surface area contributed by atoms with Gasteiger partial charge in [-0.2, -0.15) is 0 Å². The van der Waals surface area contributed by atoms with Gasteiger partial charge in [-0.15, -0.1) is 0 Å². The second-order valence-electron chi connectivity index (χ2n) is 4.44. The number of carboxylic acids is 1. The summed E-state index contributed by atoms with van der Waals surface area (Å²) in [6, 6.07) is 11.3. The molecule has 1 atom stereocenters. The lowest BCUT2D eigenvalue weighted by atomic mass is 9.95. The SMILES string of the molecule is Cc1ccnc(C(Cc2ccccc2Br)C(=O)O)c1. The third-order valence-electron chi connectivity index (χ3n) is 2.97. The number of benzene rings is 1. The standard InChI is InChI=1S/C15H14BrNO2/c1-10-6-7-17-14(8-10)12(15(18)19)9-11-4-2-3-5-13(11)16/h2-8,12H,9H2,1H3,(H,18,19). The van der Waals surface area contributed by atoms with Crippen LogP contribution in [-0.4, -0.2) is 16.1 Å². The second-order valence-corrected chi connectivity index (χ2v) is 5.30. The van der Waals surface area contributed by atoms with Crippen LogP contribution in [0.1, 0.15) is 22.7 Å². The summed E-state index contributed by atoms with van der Waals surface area (Å²) in [6.45, 7) is 1.93. The minimum absolute atomic E-state index is 0.424. The maximum Gasteiger partial charge on any atom is 0.312 e. The summed E-state index contributed by atoms with van der Waals surface area (Å²) in [4.78, 5) is 15.7. The summed E-state index contributed by atoms with van der Waals surface area (Å²) in [7, 11) is 0. The molecule has 0 aliphatic heterocycles. The molecule has 0 saturated heterocycles. The summed E-state index contributed by atoms with van der Waals surface area (Å²) in [5.41, 5.74) is 2.59. The monoisotopic (exact) mass is 319 g/mol. The number of carboxylic acid groups (broad SMARTS) is 1. The topological polar surface area (TPSA) is 50.2 Å². The van der Waals surface area contributed by atoms with Crippen LogP contribution in [-0.2, 0) is 11.2 Å². The van der Waals surface area contributed by atoms with E-state index >= 15 is 0 Å². The van der Waals surface area contributed by atoms with Gasteiger partial charge < -0.3 is 5.11 Å². The van der Waals surface area contributed by atoms with Crippen LogP contribution in [0.5, 0.6) is 0 Å². The molecule has 1 heterocycles. The Morgan fingerprint density at radius 3 is 2.74 bits per heavy atom. The zero-order chi connectivity index (χ0) is 13.8. The molecular weight excluding hydrogens is 306 g/mol. The van der Waals surface area contributed by atoms with Gasteiger partial charge in [0.15, 0.2) is 0 Å². The number of rotatable bonds is 4. The zero-order valence-corrected chi connectivity index (χ0v) is 12.1. The molecule has 0 amide bonds. The van der Waals surface area contributed by atoms with Crippen molar-refractivity contribution in [2.45, 2.75) is 19.3 Å². The van der Waals surface area contributed by atoms with Crippen molar-refractivity contribution in [1.82, 2.24) is 4.98 Å². The van der Waals surface area contributed by atoms with Gasteiger partial charge in [-0.05, 0) is 42.7 Å². The number of pyridine rings is 1. The number of aliphatic carboxylic acids is 1. The number of nitrogens with zero attached hydrogens (tertiary/aromatic N) is 1. The second kappa shape index (κ2) is 5.97. The number of halogens is 1. The van der Waals surface area contributed by atoms with E-state index in [2.05, 4.69) is 20.9 Å². The van der Waals surface area contributed by atoms with E-state index in [1.165, 1.54) is 0 Å². The molecule has 1 N–H and O–H groups in total. The first-order chi connectivity index (χ1) is 9.08. The van der Waals surface area contributed by atoms with Crippen LogP contribution < -0.4 is 0 Å². The average molecular weight is 320 g/mol. The van der Waals surface area contributed by atoms with E-state index in [0.717, 1.165) is 15.6 Å². The summed E-state index contributed by atoms with van der Waals surface area (Å²) in [6.07, 6.45) is 2.08. The van der Waals surface area contributed by atoms with Crippen molar-refractivity contribution >= 4 is 21.9 Å². The first-order valence-electron chi connectivity index (χ1n) is 5.96. The molecule has 98 valence electrons. The average Bonchev–Trinajstić information content (AvgIpc) is 2.37. The molecule has 0 fully saturated rings. The molecule has 3 nitrogen and oxygen atoms in total. The van der Waals surface area contributed by atoms with Crippen LogP contribution >= 0.6 is 15.9 Å². The van der Waals surface area contributed by atoms with Crippen LogP contribution in [0.25, 0.3) is 0 Å². The van der Waals surface area contributed by atoms with Gasteiger partial charge in [0.2, 0.25) is 0 Å². The highest BCUT2D eigenvalue weighted by molar-refractivity contribution is 9.10. The smallest absolute Gasteiger partial charge is 0.312 e. The predicted molar refractivity (Wildman–Crippen MR) is 77.2 cm³/mol. The first-order valence-corrected chi connectivity index (χ1v) is 6.76. The Morgan fingerprint density at radius 1 is 1.37 bits per heavy atom. The summed E-state index contributed by atoms with van der Waals surface area (Å²) >= 11 is 3.45.